The summed E-state index contributed by atoms with van der Waals surface area (Å²) in [5.41, 5.74) is 1.51. The summed E-state index contributed by atoms with van der Waals surface area (Å²) in [7, 11) is 0. The van der Waals surface area contributed by atoms with Gasteiger partial charge in [-0.1, -0.05) is 12.1 Å². The van der Waals surface area contributed by atoms with Crippen LogP contribution in [0.15, 0.2) is 65.1 Å². The molecule has 134 valence electrons. The molecule has 0 aliphatic heterocycles. The lowest BCUT2D eigenvalue weighted by Gasteiger charge is -2.04. The molecule has 7 heteroatoms. The van der Waals surface area contributed by atoms with E-state index in [1.807, 2.05) is 24.3 Å². The number of nitrogens with one attached hydrogen (secondary N) is 1. The third-order valence-corrected chi connectivity index (χ3v) is 4.75. The van der Waals surface area contributed by atoms with E-state index < -0.39 is 5.97 Å². The standard InChI is InChI=1S/C20H14N2O4S/c1-12(23)21-13-6-8-14(9-7-13)25-20(24)17-11-10-16(26-17)19-22-15-4-2-3-5-18(15)27-19/h2-11H,1H3,(H,21,23). The van der Waals surface area contributed by atoms with E-state index in [4.69, 9.17) is 9.15 Å². The molecule has 0 unspecified atom stereocenters. The van der Waals surface area contributed by atoms with Gasteiger partial charge >= 0.3 is 5.97 Å². The van der Waals surface area contributed by atoms with Gasteiger partial charge in [0, 0.05) is 12.6 Å². The molecular formula is C20H14N2O4S. The number of fused-ring (bicyclic) bond motifs is 1. The molecular weight excluding hydrogens is 364 g/mol. The topological polar surface area (TPSA) is 81.4 Å². The molecule has 0 spiro atoms. The van der Waals surface area contributed by atoms with E-state index in [9.17, 15) is 9.59 Å². The van der Waals surface area contributed by atoms with Crippen molar-refractivity contribution in [1.82, 2.24) is 4.98 Å². The molecule has 4 aromatic rings. The number of aromatic nitrogens is 1. The van der Waals surface area contributed by atoms with Crippen molar-refractivity contribution < 1.29 is 18.7 Å². The molecule has 0 fully saturated rings. The number of anilines is 1. The smallest absolute Gasteiger partial charge is 0.379 e. The Labute approximate surface area is 158 Å². The summed E-state index contributed by atoms with van der Waals surface area (Å²) in [6.07, 6.45) is 0. The van der Waals surface area contributed by atoms with E-state index in [-0.39, 0.29) is 11.7 Å². The molecule has 0 aliphatic rings. The number of benzene rings is 2. The fourth-order valence-corrected chi connectivity index (χ4v) is 3.43. The second kappa shape index (κ2) is 7.05. The number of hydrogen-bond donors (Lipinski definition) is 1. The molecule has 0 aliphatic carbocycles. The summed E-state index contributed by atoms with van der Waals surface area (Å²) in [5.74, 6) is 0.193. The van der Waals surface area contributed by atoms with Gasteiger partial charge in [-0.15, -0.1) is 11.3 Å². The number of rotatable bonds is 4. The number of furan rings is 1. The molecule has 0 saturated heterocycles. The Morgan fingerprint density at radius 2 is 1.81 bits per heavy atom. The zero-order chi connectivity index (χ0) is 18.8. The average Bonchev–Trinajstić information content (AvgIpc) is 3.29. The molecule has 0 saturated carbocycles. The van der Waals surface area contributed by atoms with Crippen LogP contribution in [0.25, 0.3) is 21.0 Å². The lowest BCUT2D eigenvalue weighted by atomic mass is 10.3. The highest BCUT2D eigenvalue weighted by molar-refractivity contribution is 7.21. The van der Waals surface area contributed by atoms with E-state index in [1.54, 1.807) is 36.4 Å². The van der Waals surface area contributed by atoms with Gasteiger partial charge in [-0.2, -0.15) is 0 Å². The van der Waals surface area contributed by atoms with E-state index in [0.717, 1.165) is 10.2 Å². The van der Waals surface area contributed by atoms with Crippen LogP contribution in [-0.2, 0) is 4.79 Å². The summed E-state index contributed by atoms with van der Waals surface area (Å²) in [5, 5.41) is 3.35. The van der Waals surface area contributed by atoms with Crippen molar-refractivity contribution in [3.8, 4) is 16.5 Å². The summed E-state index contributed by atoms with van der Waals surface area (Å²) >= 11 is 1.49. The third kappa shape index (κ3) is 3.73. The van der Waals surface area contributed by atoms with Gasteiger partial charge in [-0.05, 0) is 48.5 Å². The zero-order valence-electron chi connectivity index (χ0n) is 14.3. The summed E-state index contributed by atoms with van der Waals surface area (Å²) in [6.45, 7) is 1.42. The van der Waals surface area contributed by atoms with Gasteiger partial charge in [0.25, 0.3) is 0 Å². The highest BCUT2D eigenvalue weighted by atomic mass is 32.1. The molecule has 2 aromatic heterocycles. The van der Waals surface area contributed by atoms with Crippen LogP contribution in [-0.4, -0.2) is 16.9 Å². The van der Waals surface area contributed by atoms with Crippen LogP contribution in [0.4, 0.5) is 5.69 Å². The monoisotopic (exact) mass is 378 g/mol. The fourth-order valence-electron chi connectivity index (χ4n) is 2.51. The molecule has 0 bridgehead atoms. The van der Waals surface area contributed by atoms with Crippen molar-refractivity contribution in [1.29, 1.82) is 0 Å². The number of nitrogens with zero attached hydrogens (tertiary/aromatic N) is 1. The number of ether oxygens (including phenoxy) is 1. The van der Waals surface area contributed by atoms with Crippen LogP contribution >= 0.6 is 11.3 Å². The summed E-state index contributed by atoms with van der Waals surface area (Å²) < 4.78 is 12.0. The van der Waals surface area contributed by atoms with Crippen molar-refractivity contribution in [2.45, 2.75) is 6.92 Å². The van der Waals surface area contributed by atoms with Gasteiger partial charge in [0.05, 0.1) is 10.2 Å². The Bertz CT molecular complexity index is 1100. The number of carbonyl (C=O) groups is 2. The predicted octanol–water partition coefficient (Wildman–Crippen LogP) is 4.73. The number of hydrogen-bond acceptors (Lipinski definition) is 6. The van der Waals surface area contributed by atoms with Gasteiger partial charge in [0.15, 0.2) is 10.8 Å². The van der Waals surface area contributed by atoms with Crippen molar-refractivity contribution >= 4 is 39.1 Å². The maximum atomic E-state index is 12.3. The first kappa shape index (κ1) is 17.0. The zero-order valence-corrected chi connectivity index (χ0v) is 15.1. The minimum atomic E-state index is -0.602. The second-order valence-corrected chi connectivity index (χ2v) is 6.78. The minimum absolute atomic E-state index is 0.0928. The van der Waals surface area contributed by atoms with Crippen molar-refractivity contribution in [2.75, 3.05) is 5.32 Å². The summed E-state index contributed by atoms with van der Waals surface area (Å²) in [6, 6.07) is 17.6. The Morgan fingerprint density at radius 1 is 1.04 bits per heavy atom. The van der Waals surface area contributed by atoms with Crippen molar-refractivity contribution in [2.24, 2.45) is 0 Å². The third-order valence-electron chi connectivity index (χ3n) is 3.70. The molecule has 0 atom stereocenters. The SMILES string of the molecule is CC(=O)Nc1ccc(OC(=O)c2ccc(-c3nc4ccccc4s3)o2)cc1. The number of esters is 1. The molecule has 1 N–H and O–H groups in total. The number of carbonyl (C=O) groups excluding carboxylic acids is 2. The number of amides is 1. The Hall–Kier alpha value is -3.45. The minimum Gasteiger partial charge on any atom is -0.447 e. The highest BCUT2D eigenvalue weighted by Crippen LogP contribution is 2.31. The van der Waals surface area contributed by atoms with Crippen molar-refractivity contribution in [3.63, 3.8) is 0 Å². The average molecular weight is 378 g/mol. The molecule has 2 aromatic carbocycles. The maximum absolute atomic E-state index is 12.3. The maximum Gasteiger partial charge on any atom is 0.379 e. The first-order valence-corrected chi connectivity index (χ1v) is 8.96. The van der Waals surface area contributed by atoms with Crippen LogP contribution in [0, 0.1) is 0 Å². The Morgan fingerprint density at radius 3 is 2.56 bits per heavy atom. The van der Waals surface area contributed by atoms with E-state index in [2.05, 4.69) is 10.3 Å². The van der Waals surface area contributed by atoms with E-state index >= 15 is 0 Å². The van der Waals surface area contributed by atoms with Crippen LogP contribution in [0.1, 0.15) is 17.5 Å². The van der Waals surface area contributed by atoms with E-state index in [1.165, 1.54) is 18.3 Å². The van der Waals surface area contributed by atoms with E-state index in [0.29, 0.717) is 22.2 Å². The molecule has 1 amide bonds. The van der Waals surface area contributed by atoms with Crippen LogP contribution in [0.5, 0.6) is 5.75 Å². The van der Waals surface area contributed by atoms with Crippen LogP contribution < -0.4 is 10.1 Å². The second-order valence-electron chi connectivity index (χ2n) is 5.75. The Kier molecular flexibility index (Phi) is 4.43. The lowest BCUT2D eigenvalue weighted by molar-refractivity contribution is -0.114. The van der Waals surface area contributed by atoms with Gasteiger partial charge in [0.1, 0.15) is 5.75 Å². The fraction of sp³-hybridized carbons (Fsp3) is 0.0500. The summed E-state index contributed by atoms with van der Waals surface area (Å²) in [4.78, 5) is 27.8. The Balaban J connectivity index is 1.49. The van der Waals surface area contributed by atoms with Gasteiger partial charge < -0.3 is 14.5 Å². The lowest BCUT2D eigenvalue weighted by Crippen LogP contribution is -2.08. The molecule has 4 rings (SSSR count). The van der Waals surface area contributed by atoms with Gasteiger partial charge in [0.2, 0.25) is 11.7 Å². The normalized spacial score (nSPS) is 10.7. The van der Waals surface area contributed by atoms with Gasteiger partial charge in [-0.3, -0.25) is 4.79 Å². The highest BCUT2D eigenvalue weighted by Gasteiger charge is 2.17. The van der Waals surface area contributed by atoms with Gasteiger partial charge in [-0.25, -0.2) is 9.78 Å². The number of para-hydroxylation sites is 1. The molecule has 0 radical (unpaired) electrons. The van der Waals surface area contributed by atoms with Crippen LogP contribution in [0.3, 0.4) is 0 Å². The van der Waals surface area contributed by atoms with Crippen molar-refractivity contribution in [3.05, 3.63) is 66.4 Å². The molecule has 27 heavy (non-hydrogen) atoms. The number of thiazole rings is 1. The molecule has 6 nitrogen and oxygen atoms in total. The first-order valence-electron chi connectivity index (χ1n) is 8.14. The first-order chi connectivity index (χ1) is 13.1. The largest absolute Gasteiger partial charge is 0.447 e. The molecule has 2 heterocycles. The van der Waals surface area contributed by atoms with Crippen LogP contribution in [0.2, 0.25) is 0 Å². The predicted molar refractivity (Wildman–Crippen MR) is 103 cm³/mol. The quantitative estimate of drug-likeness (QED) is 0.410.